The fraction of sp³-hybridized carbons (Fsp3) is 0.304. The summed E-state index contributed by atoms with van der Waals surface area (Å²) < 4.78 is 11.0. The van der Waals surface area contributed by atoms with Gasteiger partial charge < -0.3 is 20.1 Å². The van der Waals surface area contributed by atoms with E-state index < -0.39 is 0 Å². The molecule has 1 aliphatic heterocycles. The zero-order valence-electron chi connectivity index (χ0n) is 16.1. The van der Waals surface area contributed by atoms with Crippen molar-refractivity contribution in [3.63, 3.8) is 0 Å². The van der Waals surface area contributed by atoms with E-state index in [9.17, 15) is 9.59 Å². The molecular weight excluding hydrogens is 368 g/mol. The molecule has 0 spiro atoms. The molecule has 0 saturated heterocycles. The van der Waals surface area contributed by atoms with Crippen molar-refractivity contribution in [3.05, 3.63) is 59.7 Å². The second kappa shape index (κ2) is 8.82. The third-order valence-corrected chi connectivity index (χ3v) is 5.10. The SMILES string of the molecule is O=C(/C=C/c1ccc2c(c1)OCCO2)Nc1ccc(C(=O)NC2CCCC2)cc1. The Morgan fingerprint density at radius 3 is 2.41 bits per heavy atom. The number of ether oxygens (including phenoxy) is 2. The van der Waals surface area contributed by atoms with Crippen molar-refractivity contribution >= 4 is 23.6 Å². The van der Waals surface area contributed by atoms with Gasteiger partial charge in [0.15, 0.2) is 11.5 Å². The van der Waals surface area contributed by atoms with Crippen LogP contribution in [0.25, 0.3) is 6.08 Å². The number of amides is 2. The molecule has 0 atom stereocenters. The van der Waals surface area contributed by atoms with Crippen LogP contribution in [0.15, 0.2) is 48.5 Å². The van der Waals surface area contributed by atoms with Gasteiger partial charge in [0, 0.05) is 23.4 Å². The maximum atomic E-state index is 12.3. The predicted octanol–water partition coefficient (Wildman–Crippen LogP) is 3.78. The number of rotatable bonds is 5. The first-order valence-electron chi connectivity index (χ1n) is 9.97. The molecule has 0 radical (unpaired) electrons. The van der Waals surface area contributed by atoms with Gasteiger partial charge in [-0.3, -0.25) is 9.59 Å². The van der Waals surface area contributed by atoms with E-state index in [1.54, 1.807) is 30.3 Å². The monoisotopic (exact) mass is 392 g/mol. The first-order valence-corrected chi connectivity index (χ1v) is 9.97. The van der Waals surface area contributed by atoms with Crippen molar-refractivity contribution in [1.29, 1.82) is 0 Å². The maximum absolute atomic E-state index is 12.3. The van der Waals surface area contributed by atoms with Crippen LogP contribution in [0.4, 0.5) is 5.69 Å². The van der Waals surface area contributed by atoms with Crippen molar-refractivity contribution in [2.24, 2.45) is 0 Å². The van der Waals surface area contributed by atoms with Gasteiger partial charge in [0.25, 0.3) is 5.91 Å². The smallest absolute Gasteiger partial charge is 0.251 e. The minimum atomic E-state index is -0.247. The van der Waals surface area contributed by atoms with E-state index >= 15 is 0 Å². The van der Waals surface area contributed by atoms with Crippen LogP contribution in [0.1, 0.15) is 41.6 Å². The number of fused-ring (bicyclic) bond motifs is 1. The number of benzene rings is 2. The summed E-state index contributed by atoms with van der Waals surface area (Å²) in [5.74, 6) is 1.09. The molecule has 0 bridgehead atoms. The predicted molar refractivity (Wildman–Crippen MR) is 111 cm³/mol. The molecule has 2 aromatic rings. The highest BCUT2D eigenvalue weighted by Gasteiger charge is 2.17. The lowest BCUT2D eigenvalue weighted by atomic mass is 10.1. The number of carbonyl (C=O) groups is 2. The van der Waals surface area contributed by atoms with Crippen LogP contribution in [0, 0.1) is 0 Å². The summed E-state index contributed by atoms with van der Waals surface area (Å²) in [6, 6.07) is 12.8. The van der Waals surface area contributed by atoms with Crippen LogP contribution in [0.2, 0.25) is 0 Å². The van der Waals surface area contributed by atoms with Gasteiger partial charge in [0.05, 0.1) is 0 Å². The van der Waals surface area contributed by atoms with Gasteiger partial charge in [-0.2, -0.15) is 0 Å². The first kappa shape index (κ1) is 19.1. The molecule has 1 saturated carbocycles. The molecule has 1 heterocycles. The maximum Gasteiger partial charge on any atom is 0.251 e. The molecular formula is C23H24N2O4. The van der Waals surface area contributed by atoms with Gasteiger partial charge in [0.2, 0.25) is 5.91 Å². The standard InChI is InChI=1S/C23H24N2O4/c26-22(12-6-16-5-11-20-21(15-16)29-14-13-28-20)24-19-9-7-17(8-10-19)23(27)25-18-3-1-2-4-18/h5-12,15,18H,1-4,13-14H2,(H,24,26)(H,25,27)/b12-6+. The quantitative estimate of drug-likeness (QED) is 0.759. The highest BCUT2D eigenvalue weighted by atomic mass is 16.6. The highest BCUT2D eigenvalue weighted by Crippen LogP contribution is 2.31. The minimum Gasteiger partial charge on any atom is -0.486 e. The number of anilines is 1. The minimum absolute atomic E-state index is 0.0618. The summed E-state index contributed by atoms with van der Waals surface area (Å²) in [6.45, 7) is 1.07. The van der Waals surface area contributed by atoms with Crippen molar-refractivity contribution in [2.45, 2.75) is 31.7 Å². The van der Waals surface area contributed by atoms with Crippen LogP contribution in [-0.2, 0) is 4.79 Å². The molecule has 2 aliphatic rings. The third-order valence-electron chi connectivity index (χ3n) is 5.10. The molecule has 2 aromatic carbocycles. The third kappa shape index (κ3) is 4.96. The largest absolute Gasteiger partial charge is 0.486 e. The van der Waals surface area contributed by atoms with Crippen molar-refractivity contribution < 1.29 is 19.1 Å². The first-order chi connectivity index (χ1) is 14.2. The summed E-state index contributed by atoms with van der Waals surface area (Å²) in [7, 11) is 0. The van der Waals surface area contributed by atoms with Crippen LogP contribution >= 0.6 is 0 Å². The van der Waals surface area contributed by atoms with E-state index in [4.69, 9.17) is 9.47 Å². The van der Waals surface area contributed by atoms with E-state index in [2.05, 4.69) is 10.6 Å². The number of hydrogen-bond donors (Lipinski definition) is 2. The van der Waals surface area contributed by atoms with Gasteiger partial charge in [-0.05, 0) is 60.9 Å². The van der Waals surface area contributed by atoms with E-state index in [1.807, 2.05) is 18.2 Å². The lowest BCUT2D eigenvalue weighted by Gasteiger charge is -2.18. The molecule has 29 heavy (non-hydrogen) atoms. The van der Waals surface area contributed by atoms with E-state index in [1.165, 1.54) is 18.9 Å². The van der Waals surface area contributed by atoms with Crippen molar-refractivity contribution in [2.75, 3.05) is 18.5 Å². The Labute approximate surface area is 169 Å². The van der Waals surface area contributed by atoms with Crippen molar-refractivity contribution in [3.8, 4) is 11.5 Å². The Kier molecular flexibility index (Phi) is 5.79. The highest BCUT2D eigenvalue weighted by molar-refractivity contribution is 6.02. The van der Waals surface area contributed by atoms with Crippen LogP contribution in [0.3, 0.4) is 0 Å². The number of nitrogens with one attached hydrogen (secondary N) is 2. The van der Waals surface area contributed by atoms with Crippen LogP contribution in [0.5, 0.6) is 11.5 Å². The molecule has 6 nitrogen and oxygen atoms in total. The van der Waals surface area contributed by atoms with Gasteiger partial charge in [-0.25, -0.2) is 0 Å². The zero-order valence-corrected chi connectivity index (χ0v) is 16.1. The van der Waals surface area contributed by atoms with Gasteiger partial charge >= 0.3 is 0 Å². The summed E-state index contributed by atoms with van der Waals surface area (Å²) >= 11 is 0. The lowest BCUT2D eigenvalue weighted by Crippen LogP contribution is -2.32. The normalized spacial score (nSPS) is 16.0. The molecule has 4 rings (SSSR count). The Bertz CT molecular complexity index is 915. The topological polar surface area (TPSA) is 76.7 Å². The molecule has 0 unspecified atom stereocenters. The lowest BCUT2D eigenvalue weighted by molar-refractivity contribution is -0.111. The van der Waals surface area contributed by atoms with E-state index in [-0.39, 0.29) is 17.9 Å². The second-order valence-electron chi connectivity index (χ2n) is 7.26. The van der Waals surface area contributed by atoms with Gasteiger partial charge in [0.1, 0.15) is 13.2 Å². The Balaban J connectivity index is 1.32. The molecule has 2 amide bonds. The van der Waals surface area contributed by atoms with Crippen LogP contribution < -0.4 is 20.1 Å². The average molecular weight is 392 g/mol. The molecule has 1 aliphatic carbocycles. The summed E-state index contributed by atoms with van der Waals surface area (Å²) in [5, 5.41) is 5.86. The fourth-order valence-corrected chi connectivity index (χ4v) is 3.56. The summed E-state index contributed by atoms with van der Waals surface area (Å²) in [6.07, 6.45) is 7.64. The van der Waals surface area contributed by atoms with Crippen LogP contribution in [-0.4, -0.2) is 31.1 Å². The Morgan fingerprint density at radius 2 is 1.66 bits per heavy atom. The van der Waals surface area contributed by atoms with E-state index in [0.29, 0.717) is 30.2 Å². The summed E-state index contributed by atoms with van der Waals surface area (Å²) in [4.78, 5) is 24.5. The summed E-state index contributed by atoms with van der Waals surface area (Å²) in [5.41, 5.74) is 2.09. The average Bonchev–Trinajstić information content (AvgIpc) is 3.25. The second-order valence-corrected chi connectivity index (χ2v) is 7.26. The Hall–Kier alpha value is -3.28. The Morgan fingerprint density at radius 1 is 0.931 bits per heavy atom. The molecule has 2 N–H and O–H groups in total. The zero-order chi connectivity index (χ0) is 20.1. The van der Waals surface area contributed by atoms with E-state index in [0.717, 1.165) is 24.2 Å². The van der Waals surface area contributed by atoms with Gasteiger partial charge in [-0.15, -0.1) is 0 Å². The molecule has 150 valence electrons. The molecule has 1 fully saturated rings. The van der Waals surface area contributed by atoms with Gasteiger partial charge in [-0.1, -0.05) is 18.9 Å². The molecule has 6 heteroatoms. The number of hydrogen-bond acceptors (Lipinski definition) is 4. The van der Waals surface area contributed by atoms with Crippen molar-refractivity contribution in [1.82, 2.24) is 5.32 Å². The number of carbonyl (C=O) groups excluding carboxylic acids is 2. The molecule has 0 aromatic heterocycles. The fourth-order valence-electron chi connectivity index (χ4n) is 3.56.